The molecular formula is C16H24Cl2N2O2. The molecular weight excluding hydrogens is 323 g/mol. The van der Waals surface area contributed by atoms with Gasteiger partial charge in [0.1, 0.15) is 5.75 Å². The van der Waals surface area contributed by atoms with Gasteiger partial charge in [-0.2, -0.15) is 0 Å². The third-order valence-electron chi connectivity index (χ3n) is 4.05. The van der Waals surface area contributed by atoms with Crippen LogP contribution in [0.1, 0.15) is 31.7 Å². The number of amides is 1. The monoisotopic (exact) mass is 346 g/mol. The number of nitrogens with one attached hydrogen (secondary N) is 1. The predicted octanol–water partition coefficient (Wildman–Crippen LogP) is 3.08. The molecule has 0 aromatic heterocycles. The zero-order valence-corrected chi connectivity index (χ0v) is 14.5. The normalized spacial score (nSPS) is 21.8. The molecule has 2 rings (SSSR count). The smallest absolute Gasteiger partial charge is 0.261 e. The Labute approximate surface area is 143 Å². The SMILES string of the molecule is Cc1ccc(Cl)c(OC(C)C(=O)NC2CCCC2CN)c1.Cl. The van der Waals surface area contributed by atoms with Crippen LogP contribution in [0.25, 0.3) is 0 Å². The van der Waals surface area contributed by atoms with Gasteiger partial charge in [0, 0.05) is 6.04 Å². The Balaban J connectivity index is 0.00000242. The van der Waals surface area contributed by atoms with Crippen molar-refractivity contribution in [1.82, 2.24) is 5.32 Å². The number of benzene rings is 1. The minimum atomic E-state index is -0.580. The molecule has 22 heavy (non-hydrogen) atoms. The number of rotatable bonds is 5. The summed E-state index contributed by atoms with van der Waals surface area (Å²) in [7, 11) is 0. The van der Waals surface area contributed by atoms with E-state index in [9.17, 15) is 4.79 Å². The van der Waals surface area contributed by atoms with Gasteiger partial charge in [-0.05, 0) is 56.8 Å². The summed E-state index contributed by atoms with van der Waals surface area (Å²) in [5.74, 6) is 0.808. The van der Waals surface area contributed by atoms with Crippen molar-refractivity contribution in [3.05, 3.63) is 28.8 Å². The Bertz CT molecular complexity index is 511. The van der Waals surface area contributed by atoms with Crippen molar-refractivity contribution in [1.29, 1.82) is 0 Å². The number of hydrogen-bond donors (Lipinski definition) is 2. The lowest BCUT2D eigenvalue weighted by Gasteiger charge is -2.22. The summed E-state index contributed by atoms with van der Waals surface area (Å²) in [6.45, 7) is 4.31. The minimum Gasteiger partial charge on any atom is -0.479 e. The fourth-order valence-corrected chi connectivity index (χ4v) is 2.92. The van der Waals surface area contributed by atoms with Gasteiger partial charge in [0.25, 0.3) is 5.91 Å². The number of carbonyl (C=O) groups excluding carboxylic acids is 1. The molecule has 0 spiro atoms. The summed E-state index contributed by atoms with van der Waals surface area (Å²) in [4.78, 5) is 12.2. The van der Waals surface area contributed by atoms with E-state index in [1.807, 2.05) is 19.1 Å². The van der Waals surface area contributed by atoms with Crippen molar-refractivity contribution >= 4 is 29.9 Å². The lowest BCUT2D eigenvalue weighted by Crippen LogP contribution is -2.45. The Hall–Kier alpha value is -0.970. The van der Waals surface area contributed by atoms with Crippen molar-refractivity contribution in [2.75, 3.05) is 6.54 Å². The van der Waals surface area contributed by atoms with Crippen molar-refractivity contribution in [3.8, 4) is 5.75 Å². The van der Waals surface area contributed by atoms with Crippen LogP contribution in [0.15, 0.2) is 18.2 Å². The minimum absolute atomic E-state index is 0. The Morgan fingerprint density at radius 2 is 2.23 bits per heavy atom. The van der Waals surface area contributed by atoms with Crippen LogP contribution in [0.3, 0.4) is 0 Å². The fourth-order valence-electron chi connectivity index (χ4n) is 2.75. The summed E-state index contributed by atoms with van der Waals surface area (Å²) in [5, 5.41) is 3.56. The second kappa shape index (κ2) is 8.61. The fraction of sp³-hybridized carbons (Fsp3) is 0.562. The van der Waals surface area contributed by atoms with Crippen molar-refractivity contribution in [2.45, 2.75) is 45.3 Å². The molecule has 4 nitrogen and oxygen atoms in total. The highest BCUT2D eigenvalue weighted by molar-refractivity contribution is 6.32. The first-order valence-electron chi connectivity index (χ1n) is 7.44. The Morgan fingerprint density at radius 3 is 2.91 bits per heavy atom. The maximum atomic E-state index is 12.2. The first kappa shape index (κ1) is 19.1. The van der Waals surface area contributed by atoms with Gasteiger partial charge in [-0.15, -0.1) is 12.4 Å². The molecule has 1 aliphatic carbocycles. The number of hydrogen-bond acceptors (Lipinski definition) is 3. The molecule has 3 atom stereocenters. The summed E-state index contributed by atoms with van der Waals surface area (Å²) < 4.78 is 5.69. The lowest BCUT2D eigenvalue weighted by atomic mass is 10.0. The summed E-state index contributed by atoms with van der Waals surface area (Å²) in [6, 6.07) is 5.69. The van der Waals surface area contributed by atoms with E-state index in [0.29, 0.717) is 23.2 Å². The summed E-state index contributed by atoms with van der Waals surface area (Å²) in [6.07, 6.45) is 2.61. The number of carbonyl (C=O) groups is 1. The van der Waals surface area contributed by atoms with Gasteiger partial charge < -0.3 is 15.8 Å². The summed E-state index contributed by atoms with van der Waals surface area (Å²) in [5.41, 5.74) is 6.78. The van der Waals surface area contributed by atoms with Crippen LogP contribution in [-0.4, -0.2) is 24.6 Å². The molecule has 1 saturated carbocycles. The molecule has 0 aliphatic heterocycles. The van der Waals surface area contributed by atoms with Crippen LogP contribution in [-0.2, 0) is 4.79 Å². The Kier molecular flexibility index (Phi) is 7.46. The number of nitrogens with two attached hydrogens (primary N) is 1. The molecule has 6 heteroatoms. The molecule has 3 N–H and O–H groups in total. The van der Waals surface area contributed by atoms with Gasteiger partial charge in [-0.3, -0.25) is 4.79 Å². The zero-order valence-electron chi connectivity index (χ0n) is 13.0. The second-order valence-corrected chi connectivity index (χ2v) is 6.14. The van der Waals surface area contributed by atoms with E-state index in [0.717, 1.165) is 24.8 Å². The highest BCUT2D eigenvalue weighted by Crippen LogP contribution is 2.27. The van der Waals surface area contributed by atoms with Crippen LogP contribution in [0, 0.1) is 12.8 Å². The van der Waals surface area contributed by atoms with E-state index in [2.05, 4.69) is 5.32 Å². The highest BCUT2D eigenvalue weighted by atomic mass is 35.5. The lowest BCUT2D eigenvalue weighted by molar-refractivity contribution is -0.128. The van der Waals surface area contributed by atoms with Crippen LogP contribution in [0.2, 0.25) is 5.02 Å². The van der Waals surface area contributed by atoms with E-state index >= 15 is 0 Å². The van der Waals surface area contributed by atoms with E-state index in [1.165, 1.54) is 0 Å². The van der Waals surface area contributed by atoms with Gasteiger partial charge in [0.2, 0.25) is 0 Å². The van der Waals surface area contributed by atoms with Gasteiger partial charge in [-0.25, -0.2) is 0 Å². The molecule has 1 aromatic rings. The van der Waals surface area contributed by atoms with Gasteiger partial charge in [-0.1, -0.05) is 24.1 Å². The van der Waals surface area contributed by atoms with Crippen LogP contribution < -0.4 is 15.8 Å². The largest absolute Gasteiger partial charge is 0.479 e. The highest BCUT2D eigenvalue weighted by Gasteiger charge is 2.29. The quantitative estimate of drug-likeness (QED) is 0.860. The molecule has 1 aromatic carbocycles. The number of ether oxygens (including phenoxy) is 1. The van der Waals surface area contributed by atoms with Crippen molar-refractivity contribution < 1.29 is 9.53 Å². The van der Waals surface area contributed by atoms with Gasteiger partial charge in [0.15, 0.2) is 6.10 Å². The topological polar surface area (TPSA) is 64.3 Å². The van der Waals surface area contributed by atoms with Gasteiger partial charge in [0.05, 0.1) is 5.02 Å². The molecule has 1 fully saturated rings. The first-order chi connectivity index (χ1) is 10.0. The first-order valence-corrected chi connectivity index (χ1v) is 7.82. The number of aryl methyl sites for hydroxylation is 1. The van der Waals surface area contributed by atoms with Crippen LogP contribution in [0.4, 0.5) is 0 Å². The standard InChI is InChI=1S/C16H23ClN2O2.ClH/c1-10-6-7-13(17)15(8-10)21-11(2)16(20)19-14-5-3-4-12(14)9-18;/h6-8,11-12,14H,3-5,9,18H2,1-2H3,(H,19,20);1H. The molecule has 0 saturated heterocycles. The van der Waals surface area contributed by atoms with Crippen LogP contribution >= 0.6 is 24.0 Å². The van der Waals surface area contributed by atoms with E-state index in [1.54, 1.807) is 13.0 Å². The van der Waals surface area contributed by atoms with Crippen molar-refractivity contribution in [2.24, 2.45) is 11.7 Å². The maximum absolute atomic E-state index is 12.2. The molecule has 0 bridgehead atoms. The molecule has 3 unspecified atom stereocenters. The third-order valence-corrected chi connectivity index (χ3v) is 4.36. The third kappa shape index (κ3) is 4.77. The van der Waals surface area contributed by atoms with E-state index < -0.39 is 6.10 Å². The average molecular weight is 347 g/mol. The van der Waals surface area contributed by atoms with Crippen molar-refractivity contribution in [3.63, 3.8) is 0 Å². The van der Waals surface area contributed by atoms with Crippen LogP contribution in [0.5, 0.6) is 5.75 Å². The molecule has 1 amide bonds. The summed E-state index contributed by atoms with van der Waals surface area (Å²) >= 11 is 6.09. The molecule has 0 heterocycles. The molecule has 124 valence electrons. The Morgan fingerprint density at radius 1 is 1.50 bits per heavy atom. The predicted molar refractivity (Wildman–Crippen MR) is 91.9 cm³/mol. The second-order valence-electron chi connectivity index (χ2n) is 5.74. The average Bonchev–Trinajstić information content (AvgIpc) is 2.90. The van der Waals surface area contributed by atoms with Gasteiger partial charge >= 0.3 is 0 Å². The molecule has 0 radical (unpaired) electrons. The van der Waals surface area contributed by atoms with E-state index in [-0.39, 0.29) is 24.4 Å². The maximum Gasteiger partial charge on any atom is 0.261 e. The van der Waals surface area contributed by atoms with E-state index in [4.69, 9.17) is 22.1 Å². The zero-order chi connectivity index (χ0) is 15.4. The molecule has 1 aliphatic rings. The number of halogens is 2.